The van der Waals surface area contributed by atoms with Crippen LogP contribution in [0, 0.1) is 11.8 Å². The third kappa shape index (κ3) is 7.40. The van der Waals surface area contributed by atoms with E-state index in [-0.39, 0.29) is 32.1 Å². The largest absolute Gasteiger partial charge is 0.384 e. The lowest BCUT2D eigenvalue weighted by Crippen LogP contribution is -2.24. The normalized spacial score (nSPS) is 10.1. The summed E-state index contributed by atoms with van der Waals surface area (Å²) in [5.41, 5.74) is 1.54. The predicted molar refractivity (Wildman–Crippen MR) is 73.7 cm³/mol. The molecule has 0 fully saturated rings. The minimum atomic E-state index is -2.52. The average Bonchev–Trinajstić information content (AvgIpc) is 2.48. The lowest BCUT2D eigenvalue weighted by molar-refractivity contribution is -0.122. The first-order chi connectivity index (χ1) is 10.1. The SMILES string of the molecule is O=C(CCOCC(F)F)NCc1ccccc1C#CCO. The number of carbonyl (C=O) groups excluding carboxylic acids is 1. The van der Waals surface area contributed by atoms with Crippen molar-refractivity contribution in [3.63, 3.8) is 0 Å². The molecule has 114 valence electrons. The van der Waals surface area contributed by atoms with Gasteiger partial charge in [0.1, 0.15) is 13.2 Å². The van der Waals surface area contributed by atoms with Crippen molar-refractivity contribution in [2.45, 2.75) is 19.4 Å². The van der Waals surface area contributed by atoms with E-state index in [4.69, 9.17) is 5.11 Å². The van der Waals surface area contributed by atoms with Gasteiger partial charge in [-0.25, -0.2) is 8.78 Å². The molecule has 1 rings (SSSR count). The van der Waals surface area contributed by atoms with Crippen LogP contribution in [0.5, 0.6) is 0 Å². The summed E-state index contributed by atoms with van der Waals surface area (Å²) in [4.78, 5) is 11.5. The number of hydrogen-bond acceptors (Lipinski definition) is 3. The number of rotatable bonds is 7. The second kappa shape index (κ2) is 9.86. The number of aliphatic hydroxyl groups is 1. The molecule has 0 aliphatic heterocycles. The van der Waals surface area contributed by atoms with E-state index in [2.05, 4.69) is 21.9 Å². The Balaban J connectivity index is 2.39. The van der Waals surface area contributed by atoms with Crippen molar-refractivity contribution >= 4 is 5.91 Å². The summed E-state index contributed by atoms with van der Waals surface area (Å²) in [6.45, 7) is -0.652. The Hall–Kier alpha value is -1.97. The molecule has 21 heavy (non-hydrogen) atoms. The Morgan fingerprint density at radius 1 is 1.38 bits per heavy atom. The van der Waals surface area contributed by atoms with Gasteiger partial charge in [0.15, 0.2) is 0 Å². The molecule has 0 spiro atoms. The van der Waals surface area contributed by atoms with Crippen molar-refractivity contribution < 1.29 is 23.4 Å². The quantitative estimate of drug-likeness (QED) is 0.589. The maximum atomic E-state index is 11.8. The fourth-order valence-corrected chi connectivity index (χ4v) is 1.55. The van der Waals surface area contributed by atoms with Crippen molar-refractivity contribution in [3.8, 4) is 11.8 Å². The molecule has 2 N–H and O–H groups in total. The van der Waals surface area contributed by atoms with E-state index in [9.17, 15) is 13.6 Å². The number of benzene rings is 1. The van der Waals surface area contributed by atoms with Gasteiger partial charge in [0, 0.05) is 18.5 Å². The number of aliphatic hydroxyl groups excluding tert-OH is 1. The number of ether oxygens (including phenoxy) is 1. The molecule has 1 aromatic rings. The van der Waals surface area contributed by atoms with E-state index < -0.39 is 13.0 Å². The van der Waals surface area contributed by atoms with Crippen LogP contribution in [0.25, 0.3) is 0 Å². The minimum Gasteiger partial charge on any atom is -0.384 e. The van der Waals surface area contributed by atoms with Gasteiger partial charge >= 0.3 is 0 Å². The number of amides is 1. The second-order valence-electron chi connectivity index (χ2n) is 4.11. The van der Waals surface area contributed by atoms with Crippen molar-refractivity contribution in [2.75, 3.05) is 19.8 Å². The second-order valence-corrected chi connectivity index (χ2v) is 4.11. The van der Waals surface area contributed by atoms with Crippen LogP contribution in [0.15, 0.2) is 24.3 Å². The van der Waals surface area contributed by atoms with Crippen LogP contribution in [0.1, 0.15) is 17.5 Å². The fraction of sp³-hybridized carbons (Fsp3) is 0.400. The van der Waals surface area contributed by atoms with Crippen LogP contribution in [-0.4, -0.2) is 37.3 Å². The monoisotopic (exact) mass is 297 g/mol. The molecular formula is C15H17F2NO3. The molecule has 0 aliphatic carbocycles. The van der Waals surface area contributed by atoms with E-state index in [1.807, 2.05) is 18.2 Å². The van der Waals surface area contributed by atoms with Crippen LogP contribution in [0.4, 0.5) is 8.78 Å². The molecule has 0 unspecified atom stereocenters. The topological polar surface area (TPSA) is 58.6 Å². The number of hydrogen-bond donors (Lipinski definition) is 2. The zero-order valence-electron chi connectivity index (χ0n) is 11.4. The highest BCUT2D eigenvalue weighted by Crippen LogP contribution is 2.07. The fourth-order valence-electron chi connectivity index (χ4n) is 1.55. The van der Waals surface area contributed by atoms with Crippen LogP contribution in [0.3, 0.4) is 0 Å². The molecule has 0 aromatic heterocycles. The van der Waals surface area contributed by atoms with Crippen LogP contribution < -0.4 is 5.32 Å². The third-order valence-electron chi connectivity index (χ3n) is 2.51. The van der Waals surface area contributed by atoms with E-state index >= 15 is 0 Å². The van der Waals surface area contributed by atoms with Gasteiger partial charge in [-0.05, 0) is 11.6 Å². The molecule has 0 aliphatic rings. The smallest absolute Gasteiger partial charge is 0.261 e. The molecule has 1 amide bonds. The standard InChI is InChI=1S/C15H17F2NO3/c16-14(17)11-21-9-7-15(20)18-10-13-5-2-1-4-12(13)6-3-8-19/h1-2,4-5,14,19H,7-11H2,(H,18,20). The van der Waals surface area contributed by atoms with E-state index in [0.29, 0.717) is 0 Å². The third-order valence-corrected chi connectivity index (χ3v) is 2.51. The van der Waals surface area contributed by atoms with E-state index in [1.54, 1.807) is 6.07 Å². The first-order valence-electron chi connectivity index (χ1n) is 6.43. The molecule has 4 nitrogen and oxygen atoms in total. The molecule has 0 saturated heterocycles. The Morgan fingerprint density at radius 2 is 2.14 bits per heavy atom. The van der Waals surface area contributed by atoms with Gasteiger partial charge in [0.25, 0.3) is 6.43 Å². The predicted octanol–water partition coefficient (Wildman–Crippen LogP) is 1.32. The lowest BCUT2D eigenvalue weighted by atomic mass is 10.1. The molecule has 0 bridgehead atoms. The van der Waals surface area contributed by atoms with Crippen molar-refractivity contribution in [2.24, 2.45) is 0 Å². The molecule has 0 atom stereocenters. The summed E-state index contributed by atoms with van der Waals surface area (Å²) in [7, 11) is 0. The van der Waals surface area contributed by atoms with Crippen LogP contribution in [-0.2, 0) is 16.1 Å². The molecule has 0 heterocycles. The number of alkyl halides is 2. The highest BCUT2D eigenvalue weighted by Gasteiger charge is 2.06. The summed E-state index contributed by atoms with van der Waals surface area (Å²) in [5, 5.41) is 11.4. The number of carbonyl (C=O) groups is 1. The maximum absolute atomic E-state index is 11.8. The average molecular weight is 297 g/mol. The van der Waals surface area contributed by atoms with E-state index in [0.717, 1.165) is 11.1 Å². The minimum absolute atomic E-state index is 0.0250. The number of halogens is 2. The lowest BCUT2D eigenvalue weighted by Gasteiger charge is -2.07. The van der Waals surface area contributed by atoms with Gasteiger partial charge < -0.3 is 15.2 Å². The summed E-state index contributed by atoms with van der Waals surface area (Å²) in [5.74, 6) is 5.06. The Morgan fingerprint density at radius 3 is 2.86 bits per heavy atom. The first kappa shape index (κ1) is 17.1. The highest BCUT2D eigenvalue weighted by molar-refractivity contribution is 5.76. The molecule has 0 saturated carbocycles. The zero-order chi connectivity index (χ0) is 15.5. The van der Waals surface area contributed by atoms with Crippen LogP contribution >= 0.6 is 0 Å². The van der Waals surface area contributed by atoms with E-state index in [1.165, 1.54) is 0 Å². The Bertz CT molecular complexity index is 509. The Kier molecular flexibility index (Phi) is 8.02. The summed E-state index contributed by atoms with van der Waals surface area (Å²) in [6, 6.07) is 7.23. The van der Waals surface area contributed by atoms with Crippen molar-refractivity contribution in [3.05, 3.63) is 35.4 Å². The maximum Gasteiger partial charge on any atom is 0.261 e. The highest BCUT2D eigenvalue weighted by atomic mass is 19.3. The van der Waals surface area contributed by atoms with Gasteiger partial charge in [-0.2, -0.15) is 0 Å². The van der Waals surface area contributed by atoms with Gasteiger partial charge in [0.05, 0.1) is 6.61 Å². The summed E-state index contributed by atoms with van der Waals surface area (Å²) in [6.07, 6.45) is -2.50. The molecule has 6 heteroatoms. The van der Waals surface area contributed by atoms with Gasteiger partial charge in [-0.15, -0.1) is 0 Å². The van der Waals surface area contributed by atoms with Gasteiger partial charge in [-0.3, -0.25) is 4.79 Å². The van der Waals surface area contributed by atoms with Gasteiger partial charge in [0.2, 0.25) is 5.91 Å². The molecular weight excluding hydrogens is 280 g/mol. The zero-order valence-corrected chi connectivity index (χ0v) is 11.4. The first-order valence-corrected chi connectivity index (χ1v) is 6.43. The van der Waals surface area contributed by atoms with Crippen LogP contribution in [0.2, 0.25) is 0 Å². The summed E-state index contributed by atoms with van der Waals surface area (Å²) >= 11 is 0. The van der Waals surface area contributed by atoms with Crippen molar-refractivity contribution in [1.82, 2.24) is 5.32 Å². The Labute approximate surface area is 122 Å². The molecule has 0 radical (unpaired) electrons. The molecule has 1 aromatic carbocycles. The van der Waals surface area contributed by atoms with Gasteiger partial charge in [-0.1, -0.05) is 30.0 Å². The summed E-state index contributed by atoms with van der Waals surface area (Å²) < 4.78 is 28.3. The number of nitrogens with one attached hydrogen (secondary N) is 1. The van der Waals surface area contributed by atoms with Crippen molar-refractivity contribution in [1.29, 1.82) is 0 Å².